The lowest BCUT2D eigenvalue weighted by Crippen LogP contribution is -2.08. The molecule has 0 saturated heterocycles. The van der Waals surface area contributed by atoms with Crippen molar-refractivity contribution in [1.29, 1.82) is 0 Å². The largest absolute Gasteiger partial charge is 0.491 e. The second-order valence-electron chi connectivity index (χ2n) is 5.84. The molecule has 1 aromatic carbocycles. The molecule has 2 N–H and O–H groups in total. The van der Waals surface area contributed by atoms with Crippen LogP contribution in [0.1, 0.15) is 38.9 Å². The fourth-order valence-electron chi connectivity index (χ4n) is 2.27. The first-order valence-corrected chi connectivity index (χ1v) is 8.51. The highest BCUT2D eigenvalue weighted by Crippen LogP contribution is 2.26. The Bertz CT molecular complexity index is 574. The average molecular weight is 348 g/mol. The number of hydrogen-bond donors (Lipinski definition) is 2. The van der Waals surface area contributed by atoms with E-state index in [0.29, 0.717) is 18.8 Å². The Hall–Kier alpha value is -2.11. The molecule has 0 unspecified atom stereocenters. The van der Waals surface area contributed by atoms with Crippen molar-refractivity contribution in [2.45, 2.75) is 33.3 Å². The van der Waals surface area contributed by atoms with Crippen molar-refractivity contribution in [3.8, 4) is 5.75 Å². The van der Waals surface area contributed by atoms with Gasteiger partial charge in [-0.1, -0.05) is 31.2 Å². The Kier molecular flexibility index (Phi) is 9.58. The Morgan fingerprint density at radius 2 is 1.96 bits per heavy atom. The van der Waals surface area contributed by atoms with Crippen molar-refractivity contribution >= 4 is 5.97 Å². The summed E-state index contributed by atoms with van der Waals surface area (Å²) in [4.78, 5) is 11.3. The van der Waals surface area contributed by atoms with Gasteiger partial charge in [-0.05, 0) is 49.5 Å². The molecule has 0 amide bonds. The van der Waals surface area contributed by atoms with Gasteiger partial charge in [-0.25, -0.2) is 4.79 Å². The molecule has 1 aromatic rings. The van der Waals surface area contributed by atoms with E-state index in [2.05, 4.69) is 0 Å². The van der Waals surface area contributed by atoms with Crippen LogP contribution in [-0.4, -0.2) is 36.0 Å². The number of benzene rings is 1. The molecule has 25 heavy (non-hydrogen) atoms. The van der Waals surface area contributed by atoms with E-state index in [0.717, 1.165) is 11.1 Å². The second-order valence-corrected chi connectivity index (χ2v) is 5.84. The minimum Gasteiger partial charge on any atom is -0.491 e. The molecular weight excluding hydrogens is 320 g/mol. The van der Waals surface area contributed by atoms with Gasteiger partial charge in [0.15, 0.2) is 0 Å². The standard InChI is InChI=1S/C20H28O5/c1-4-24-19(22)14-15(2)6-5-7-16(3)20(23)17-8-10-18(11-9-17)25-13-12-21/h5-6,8-11,14,16,20-21,23H,4,7,12-13H2,1-3H3/b6-5+,15-14+/t16-,20+/m0/s1. The normalized spacial score (nSPS) is 14.4. The number of esters is 1. The van der Waals surface area contributed by atoms with Crippen LogP contribution in [0.25, 0.3) is 0 Å². The third-order valence-corrected chi connectivity index (χ3v) is 3.64. The molecule has 0 aromatic heterocycles. The van der Waals surface area contributed by atoms with Crippen LogP contribution in [-0.2, 0) is 9.53 Å². The highest BCUT2D eigenvalue weighted by Gasteiger charge is 2.15. The predicted octanol–water partition coefficient (Wildman–Crippen LogP) is 3.18. The molecule has 0 saturated carbocycles. The Morgan fingerprint density at radius 3 is 2.56 bits per heavy atom. The van der Waals surface area contributed by atoms with Gasteiger partial charge in [0.2, 0.25) is 0 Å². The van der Waals surface area contributed by atoms with Gasteiger partial charge >= 0.3 is 5.97 Å². The summed E-state index contributed by atoms with van der Waals surface area (Å²) in [6, 6.07) is 7.21. The summed E-state index contributed by atoms with van der Waals surface area (Å²) in [6.07, 6.45) is 5.33. The minimum atomic E-state index is -0.592. The molecule has 0 aliphatic rings. The molecule has 1 rings (SSSR count). The van der Waals surface area contributed by atoms with Crippen LogP contribution >= 0.6 is 0 Å². The lowest BCUT2D eigenvalue weighted by molar-refractivity contribution is -0.137. The summed E-state index contributed by atoms with van der Waals surface area (Å²) < 4.78 is 10.2. The fourth-order valence-corrected chi connectivity index (χ4v) is 2.27. The highest BCUT2D eigenvalue weighted by atomic mass is 16.5. The number of hydrogen-bond acceptors (Lipinski definition) is 5. The van der Waals surface area contributed by atoms with Crippen molar-refractivity contribution < 1.29 is 24.5 Å². The van der Waals surface area contributed by atoms with Crippen molar-refractivity contribution in [1.82, 2.24) is 0 Å². The number of carbonyl (C=O) groups is 1. The SMILES string of the molecule is CCOC(=O)/C=C(C)/C=C/C[C@H](C)[C@@H](O)c1ccc(OCCO)cc1. The molecule has 2 atom stereocenters. The molecule has 138 valence electrons. The molecule has 5 heteroatoms. The van der Waals surface area contributed by atoms with Gasteiger partial charge < -0.3 is 19.7 Å². The van der Waals surface area contributed by atoms with E-state index < -0.39 is 6.10 Å². The monoisotopic (exact) mass is 348 g/mol. The van der Waals surface area contributed by atoms with Crippen LogP contribution in [0.4, 0.5) is 0 Å². The van der Waals surface area contributed by atoms with E-state index in [1.54, 1.807) is 19.1 Å². The second kappa shape index (κ2) is 11.4. The predicted molar refractivity (Wildman–Crippen MR) is 97.3 cm³/mol. The lowest BCUT2D eigenvalue weighted by Gasteiger charge is -2.18. The number of rotatable bonds is 10. The topological polar surface area (TPSA) is 76.0 Å². The van der Waals surface area contributed by atoms with Gasteiger partial charge in [-0.2, -0.15) is 0 Å². The smallest absolute Gasteiger partial charge is 0.330 e. The number of ether oxygens (including phenoxy) is 2. The third-order valence-electron chi connectivity index (χ3n) is 3.64. The van der Waals surface area contributed by atoms with E-state index in [1.807, 2.05) is 38.1 Å². The van der Waals surface area contributed by atoms with Gasteiger partial charge in [0.25, 0.3) is 0 Å². The summed E-state index contributed by atoms with van der Waals surface area (Å²) in [6.45, 7) is 6.15. The molecular formula is C20H28O5. The molecule has 0 heterocycles. The highest BCUT2D eigenvalue weighted by molar-refractivity contribution is 5.83. The minimum absolute atomic E-state index is 0.0239. The first-order chi connectivity index (χ1) is 12.0. The number of carbonyl (C=O) groups excluding carboxylic acids is 1. The van der Waals surface area contributed by atoms with Crippen molar-refractivity contribution in [2.75, 3.05) is 19.8 Å². The van der Waals surface area contributed by atoms with Gasteiger partial charge in [-0.3, -0.25) is 0 Å². The molecule has 0 fully saturated rings. The average Bonchev–Trinajstić information content (AvgIpc) is 2.59. The van der Waals surface area contributed by atoms with Gasteiger partial charge in [-0.15, -0.1) is 0 Å². The van der Waals surface area contributed by atoms with Gasteiger partial charge in [0.1, 0.15) is 12.4 Å². The van der Waals surface area contributed by atoms with Crippen LogP contribution in [0, 0.1) is 5.92 Å². The maximum Gasteiger partial charge on any atom is 0.330 e. The summed E-state index contributed by atoms with van der Waals surface area (Å²) >= 11 is 0. The molecule has 0 aliphatic heterocycles. The number of aliphatic hydroxyl groups excluding tert-OH is 2. The quantitative estimate of drug-likeness (QED) is 0.386. The Morgan fingerprint density at radius 1 is 1.28 bits per heavy atom. The third kappa shape index (κ3) is 8.01. The van der Waals surface area contributed by atoms with E-state index in [1.165, 1.54) is 6.08 Å². The summed E-state index contributed by atoms with van der Waals surface area (Å²) in [5, 5.41) is 19.2. The first kappa shape index (κ1) is 20.9. The molecule has 0 aliphatic carbocycles. The summed E-state index contributed by atoms with van der Waals surface area (Å²) in [5.41, 5.74) is 1.63. The Balaban J connectivity index is 2.54. The molecule has 5 nitrogen and oxygen atoms in total. The maximum absolute atomic E-state index is 11.3. The molecule has 0 bridgehead atoms. The zero-order valence-corrected chi connectivity index (χ0v) is 15.1. The summed E-state index contributed by atoms with van der Waals surface area (Å²) in [7, 11) is 0. The van der Waals surface area contributed by atoms with E-state index >= 15 is 0 Å². The maximum atomic E-state index is 11.3. The fraction of sp³-hybridized carbons (Fsp3) is 0.450. The van der Waals surface area contributed by atoms with Crippen molar-refractivity contribution in [2.24, 2.45) is 5.92 Å². The van der Waals surface area contributed by atoms with Crippen molar-refractivity contribution in [3.05, 3.63) is 53.6 Å². The van der Waals surface area contributed by atoms with Gasteiger partial charge in [0.05, 0.1) is 19.3 Å². The van der Waals surface area contributed by atoms with E-state index in [4.69, 9.17) is 14.6 Å². The van der Waals surface area contributed by atoms with Crippen LogP contribution in [0.15, 0.2) is 48.1 Å². The van der Waals surface area contributed by atoms with E-state index in [-0.39, 0.29) is 25.1 Å². The van der Waals surface area contributed by atoms with Gasteiger partial charge in [0, 0.05) is 6.08 Å². The molecule has 0 spiro atoms. The van der Waals surface area contributed by atoms with Crippen LogP contribution in [0.2, 0.25) is 0 Å². The zero-order valence-electron chi connectivity index (χ0n) is 15.1. The van der Waals surface area contributed by atoms with Crippen LogP contribution < -0.4 is 4.74 Å². The van der Waals surface area contributed by atoms with Crippen LogP contribution in [0.5, 0.6) is 5.75 Å². The molecule has 0 radical (unpaired) electrons. The Labute approximate surface area is 149 Å². The van der Waals surface area contributed by atoms with Crippen LogP contribution in [0.3, 0.4) is 0 Å². The summed E-state index contributed by atoms with van der Waals surface area (Å²) in [5.74, 6) is 0.342. The van der Waals surface area contributed by atoms with E-state index in [9.17, 15) is 9.90 Å². The number of aliphatic hydroxyl groups is 2. The van der Waals surface area contributed by atoms with Crippen molar-refractivity contribution in [3.63, 3.8) is 0 Å². The number of allylic oxidation sites excluding steroid dienone is 3. The first-order valence-electron chi connectivity index (χ1n) is 8.51. The lowest BCUT2D eigenvalue weighted by atomic mass is 9.94. The zero-order chi connectivity index (χ0) is 18.7.